The summed E-state index contributed by atoms with van der Waals surface area (Å²) >= 11 is 0. The molecule has 1 aromatic carbocycles. The van der Waals surface area contributed by atoms with Gasteiger partial charge in [0.1, 0.15) is 11.6 Å². The Morgan fingerprint density at radius 1 is 1.18 bits per heavy atom. The summed E-state index contributed by atoms with van der Waals surface area (Å²) in [6, 6.07) is 1.97. The van der Waals surface area contributed by atoms with E-state index in [1.54, 1.807) is 0 Å². The molecule has 154 valence electrons. The van der Waals surface area contributed by atoms with E-state index in [0.29, 0.717) is 12.5 Å². The molecule has 3 nitrogen and oxygen atoms in total. The van der Waals surface area contributed by atoms with E-state index in [2.05, 4.69) is 0 Å². The minimum Gasteiger partial charge on any atom is -0.493 e. The molecule has 6 heteroatoms. The van der Waals surface area contributed by atoms with Gasteiger partial charge in [-0.1, -0.05) is 19.3 Å². The predicted molar refractivity (Wildman–Crippen MR) is 98.6 cm³/mol. The number of rotatable bonds is 7. The van der Waals surface area contributed by atoms with Crippen molar-refractivity contribution in [2.45, 2.75) is 69.6 Å². The Kier molecular flexibility index (Phi) is 5.32. The summed E-state index contributed by atoms with van der Waals surface area (Å²) in [5, 5.41) is 9.07. The molecular weight excluding hydrogens is 369 g/mol. The fourth-order valence-electron chi connectivity index (χ4n) is 5.34. The molecule has 0 amide bonds. The molecule has 0 aromatic heterocycles. The van der Waals surface area contributed by atoms with Gasteiger partial charge in [0.25, 0.3) is 5.92 Å². The topological polar surface area (TPSA) is 46.5 Å². The first-order chi connectivity index (χ1) is 13.3. The number of carbonyl (C=O) groups is 1. The summed E-state index contributed by atoms with van der Waals surface area (Å²) in [6.45, 7) is 0.336. The first-order valence-electron chi connectivity index (χ1n) is 10.4. The van der Waals surface area contributed by atoms with Crippen LogP contribution in [0.3, 0.4) is 0 Å². The molecule has 3 aliphatic carbocycles. The van der Waals surface area contributed by atoms with Gasteiger partial charge in [-0.05, 0) is 55.9 Å². The third-order valence-corrected chi connectivity index (χ3v) is 6.77. The fraction of sp³-hybridized carbons (Fsp3) is 0.682. The molecule has 3 atom stereocenters. The third-order valence-electron chi connectivity index (χ3n) is 6.77. The number of hydrogen-bond donors (Lipinski definition) is 1. The average molecular weight is 396 g/mol. The van der Waals surface area contributed by atoms with Crippen molar-refractivity contribution in [3.63, 3.8) is 0 Å². The van der Waals surface area contributed by atoms with E-state index < -0.39 is 29.2 Å². The standard InChI is InChI=1S/C22H27F3O3/c23-19-11-20(16(10-17(19)21(26)27)18-12-22(18,24)25)28-6-2-5-15-8-13-3-1-4-14(7-13)9-15/h10-11,13-15,18H,1-9,12H2,(H,26,27). The first kappa shape index (κ1) is 19.6. The number of fused-ring (bicyclic) bond motifs is 2. The van der Waals surface area contributed by atoms with Gasteiger partial charge in [0.05, 0.1) is 18.1 Å². The number of ether oxygens (including phenoxy) is 1. The molecule has 3 fully saturated rings. The zero-order valence-corrected chi connectivity index (χ0v) is 15.9. The highest BCUT2D eigenvalue weighted by molar-refractivity contribution is 5.88. The number of benzene rings is 1. The molecule has 1 N–H and O–H groups in total. The van der Waals surface area contributed by atoms with Crippen LogP contribution in [-0.2, 0) is 0 Å². The van der Waals surface area contributed by atoms with Crippen molar-refractivity contribution in [1.29, 1.82) is 0 Å². The molecule has 0 spiro atoms. The summed E-state index contributed by atoms with van der Waals surface area (Å²) in [5.41, 5.74) is -0.477. The highest BCUT2D eigenvalue weighted by Gasteiger charge is 2.58. The van der Waals surface area contributed by atoms with Gasteiger partial charge < -0.3 is 9.84 Å². The lowest BCUT2D eigenvalue weighted by atomic mass is 9.67. The Balaban J connectivity index is 1.36. The van der Waals surface area contributed by atoms with Crippen molar-refractivity contribution in [2.24, 2.45) is 17.8 Å². The summed E-state index contributed by atoms with van der Waals surface area (Å²) in [7, 11) is 0. The second-order valence-corrected chi connectivity index (χ2v) is 8.92. The van der Waals surface area contributed by atoms with Crippen molar-refractivity contribution in [1.82, 2.24) is 0 Å². The maximum absolute atomic E-state index is 14.0. The Labute approximate surface area is 163 Å². The molecule has 0 radical (unpaired) electrons. The van der Waals surface area contributed by atoms with Gasteiger partial charge in [0.15, 0.2) is 0 Å². The maximum atomic E-state index is 14.0. The monoisotopic (exact) mass is 396 g/mol. The third kappa shape index (κ3) is 4.15. The van der Waals surface area contributed by atoms with E-state index >= 15 is 0 Å². The van der Waals surface area contributed by atoms with Gasteiger partial charge in [-0.2, -0.15) is 0 Å². The number of halogens is 3. The zero-order chi connectivity index (χ0) is 19.9. The van der Waals surface area contributed by atoms with Crippen LogP contribution in [0.4, 0.5) is 13.2 Å². The Morgan fingerprint density at radius 3 is 2.46 bits per heavy atom. The molecule has 2 bridgehead atoms. The lowest BCUT2D eigenvalue weighted by Gasteiger charge is -2.39. The Hall–Kier alpha value is -1.72. The van der Waals surface area contributed by atoms with Crippen LogP contribution in [0, 0.1) is 23.6 Å². The summed E-state index contributed by atoms with van der Waals surface area (Å²) < 4.78 is 46.8. The van der Waals surface area contributed by atoms with Crippen molar-refractivity contribution in [3.05, 3.63) is 29.1 Å². The normalized spacial score (nSPS) is 30.7. The highest BCUT2D eigenvalue weighted by atomic mass is 19.3. The molecule has 3 unspecified atom stereocenters. The van der Waals surface area contributed by atoms with E-state index in [0.717, 1.165) is 36.8 Å². The Bertz CT molecular complexity index is 737. The van der Waals surface area contributed by atoms with Crippen LogP contribution in [0.5, 0.6) is 5.75 Å². The minimum atomic E-state index is -2.87. The van der Waals surface area contributed by atoms with E-state index in [1.165, 1.54) is 38.5 Å². The molecule has 0 aliphatic heterocycles. The van der Waals surface area contributed by atoms with Gasteiger partial charge >= 0.3 is 5.97 Å². The number of alkyl halides is 2. The van der Waals surface area contributed by atoms with Gasteiger partial charge in [-0.3, -0.25) is 0 Å². The number of aromatic carboxylic acids is 1. The number of carboxylic acid groups (broad SMARTS) is 1. The molecule has 0 heterocycles. The molecular formula is C22H27F3O3. The summed E-state index contributed by atoms with van der Waals surface area (Å²) in [4.78, 5) is 11.1. The molecule has 1 aromatic rings. The highest BCUT2D eigenvalue weighted by Crippen LogP contribution is 2.58. The minimum absolute atomic E-state index is 0.0604. The van der Waals surface area contributed by atoms with Crippen molar-refractivity contribution < 1.29 is 27.8 Å². The van der Waals surface area contributed by atoms with Crippen LogP contribution in [0.1, 0.15) is 79.6 Å². The van der Waals surface area contributed by atoms with Crippen LogP contribution in [-0.4, -0.2) is 23.6 Å². The van der Waals surface area contributed by atoms with Crippen LogP contribution < -0.4 is 4.74 Å². The quantitative estimate of drug-likeness (QED) is 0.573. The van der Waals surface area contributed by atoms with E-state index in [4.69, 9.17) is 9.84 Å². The Morgan fingerprint density at radius 2 is 1.86 bits per heavy atom. The van der Waals surface area contributed by atoms with Crippen molar-refractivity contribution in [3.8, 4) is 5.75 Å². The second kappa shape index (κ2) is 7.60. The average Bonchev–Trinajstić information content (AvgIpc) is 3.26. The summed E-state index contributed by atoms with van der Waals surface area (Å²) in [5.74, 6) is -3.88. The SMILES string of the molecule is O=C(O)c1cc(C2CC2(F)F)c(OCCCC2CC3CCCC(C2)C3)cc1F. The van der Waals surface area contributed by atoms with Crippen LogP contribution in [0.15, 0.2) is 12.1 Å². The van der Waals surface area contributed by atoms with Gasteiger partial charge in [0, 0.05) is 18.1 Å². The van der Waals surface area contributed by atoms with Gasteiger partial charge in [0.2, 0.25) is 0 Å². The van der Waals surface area contributed by atoms with Gasteiger partial charge in [-0.25, -0.2) is 18.0 Å². The molecule has 4 rings (SSSR count). The lowest BCUT2D eigenvalue weighted by Crippen LogP contribution is -2.27. The van der Waals surface area contributed by atoms with E-state index in [-0.39, 0.29) is 17.7 Å². The van der Waals surface area contributed by atoms with Crippen LogP contribution in [0.25, 0.3) is 0 Å². The largest absolute Gasteiger partial charge is 0.493 e. The van der Waals surface area contributed by atoms with E-state index in [1.807, 2.05) is 0 Å². The fourth-order valence-corrected chi connectivity index (χ4v) is 5.34. The van der Waals surface area contributed by atoms with Crippen LogP contribution >= 0.6 is 0 Å². The predicted octanol–water partition coefficient (Wildman–Crippen LogP) is 6.02. The van der Waals surface area contributed by atoms with Crippen molar-refractivity contribution in [2.75, 3.05) is 6.61 Å². The second-order valence-electron chi connectivity index (χ2n) is 8.92. The van der Waals surface area contributed by atoms with Crippen LogP contribution in [0.2, 0.25) is 0 Å². The maximum Gasteiger partial charge on any atom is 0.338 e. The smallest absolute Gasteiger partial charge is 0.338 e. The van der Waals surface area contributed by atoms with Gasteiger partial charge in [-0.15, -0.1) is 0 Å². The van der Waals surface area contributed by atoms with Crippen molar-refractivity contribution >= 4 is 5.97 Å². The summed E-state index contributed by atoms with van der Waals surface area (Å²) in [6.07, 6.45) is 9.47. The zero-order valence-electron chi connectivity index (χ0n) is 15.9. The molecule has 3 saturated carbocycles. The molecule has 0 saturated heterocycles. The number of carboxylic acids is 1. The number of hydrogen-bond acceptors (Lipinski definition) is 2. The lowest BCUT2D eigenvalue weighted by molar-refractivity contribution is 0.0690. The molecule has 3 aliphatic rings. The van der Waals surface area contributed by atoms with E-state index in [9.17, 15) is 18.0 Å². The first-order valence-corrected chi connectivity index (χ1v) is 10.4. The molecule has 28 heavy (non-hydrogen) atoms.